The molecule has 3 heteroatoms. The van der Waals surface area contributed by atoms with Crippen molar-refractivity contribution in [2.24, 2.45) is 0 Å². The van der Waals surface area contributed by atoms with Crippen LogP contribution in [-0.2, 0) is 4.79 Å². The summed E-state index contributed by atoms with van der Waals surface area (Å²) in [5.41, 5.74) is 0. The quantitative estimate of drug-likeness (QED) is 0.608. The largest absolute Gasteiger partial charge is 0.481 e. The van der Waals surface area contributed by atoms with Crippen molar-refractivity contribution in [2.75, 3.05) is 0 Å². The van der Waals surface area contributed by atoms with Crippen LogP contribution in [0.25, 0.3) is 0 Å². The van der Waals surface area contributed by atoms with Gasteiger partial charge in [0.15, 0.2) is 0 Å². The molecule has 0 aliphatic carbocycles. The third-order valence-electron chi connectivity index (χ3n) is 1.31. The Hall–Kier alpha value is -0.570. The number of aliphatic hydroxyl groups excluding tert-OH is 1. The summed E-state index contributed by atoms with van der Waals surface area (Å²) in [6.45, 7) is 1.96. The molecule has 0 aliphatic rings. The third-order valence-corrected chi connectivity index (χ3v) is 1.31. The van der Waals surface area contributed by atoms with Gasteiger partial charge >= 0.3 is 5.97 Å². The molecule has 2 N–H and O–H groups in total. The van der Waals surface area contributed by atoms with Crippen molar-refractivity contribution in [3.63, 3.8) is 0 Å². The summed E-state index contributed by atoms with van der Waals surface area (Å²) in [6, 6.07) is 0. The molecular weight excluding hydrogens is 132 g/mol. The number of carboxylic acid groups (broad SMARTS) is 1. The molecule has 0 aromatic rings. The number of aliphatic carboxylic acids is 1. The summed E-state index contributed by atoms with van der Waals surface area (Å²) in [5.74, 6) is -0.838. The topological polar surface area (TPSA) is 57.5 Å². The first-order chi connectivity index (χ1) is 4.66. The van der Waals surface area contributed by atoms with Gasteiger partial charge in [-0.25, -0.2) is 0 Å². The van der Waals surface area contributed by atoms with Gasteiger partial charge in [0.25, 0.3) is 0 Å². The number of carboxylic acids is 1. The molecule has 0 aliphatic heterocycles. The van der Waals surface area contributed by atoms with E-state index in [1.165, 1.54) is 0 Å². The zero-order valence-corrected chi connectivity index (χ0v) is 6.21. The minimum absolute atomic E-state index is 0.0706. The molecule has 0 amide bonds. The van der Waals surface area contributed by atoms with Crippen molar-refractivity contribution < 1.29 is 15.0 Å². The standard InChI is InChI=1S/C7H14O3/c1-2-3-6(8)4-5-7(9)10/h6,8H,2-5H2,1H3,(H,9,10)/t6-/m0/s1. The van der Waals surface area contributed by atoms with Crippen molar-refractivity contribution in [2.45, 2.75) is 38.7 Å². The molecule has 0 unspecified atom stereocenters. The first kappa shape index (κ1) is 9.43. The van der Waals surface area contributed by atoms with Crippen LogP contribution >= 0.6 is 0 Å². The smallest absolute Gasteiger partial charge is 0.303 e. The Labute approximate surface area is 60.7 Å². The van der Waals surface area contributed by atoms with Crippen LogP contribution in [0.2, 0.25) is 0 Å². The fourth-order valence-electron chi connectivity index (χ4n) is 0.768. The molecule has 1 atom stereocenters. The van der Waals surface area contributed by atoms with E-state index in [4.69, 9.17) is 10.2 Å². The summed E-state index contributed by atoms with van der Waals surface area (Å²) in [7, 11) is 0. The van der Waals surface area contributed by atoms with Crippen LogP contribution in [0.4, 0.5) is 0 Å². The third kappa shape index (κ3) is 5.56. The van der Waals surface area contributed by atoms with E-state index in [0.717, 1.165) is 6.42 Å². The maximum Gasteiger partial charge on any atom is 0.303 e. The second-order valence-corrected chi connectivity index (χ2v) is 2.37. The SMILES string of the molecule is CCC[C@H](O)CCC(=O)O. The minimum atomic E-state index is -0.838. The lowest BCUT2D eigenvalue weighted by Crippen LogP contribution is -2.08. The zero-order chi connectivity index (χ0) is 7.98. The van der Waals surface area contributed by atoms with Gasteiger partial charge in [-0.1, -0.05) is 13.3 Å². The van der Waals surface area contributed by atoms with E-state index in [9.17, 15) is 4.79 Å². The van der Waals surface area contributed by atoms with Crippen molar-refractivity contribution >= 4 is 5.97 Å². The van der Waals surface area contributed by atoms with Gasteiger partial charge in [-0.2, -0.15) is 0 Å². The molecule has 0 radical (unpaired) electrons. The van der Waals surface area contributed by atoms with E-state index in [0.29, 0.717) is 12.8 Å². The van der Waals surface area contributed by atoms with Crippen LogP contribution in [0.3, 0.4) is 0 Å². The maximum atomic E-state index is 10.00. The van der Waals surface area contributed by atoms with Gasteiger partial charge < -0.3 is 10.2 Å². The van der Waals surface area contributed by atoms with Gasteiger partial charge in [0, 0.05) is 6.42 Å². The average molecular weight is 146 g/mol. The molecule has 0 saturated heterocycles. The molecular formula is C7H14O3. The number of hydrogen-bond acceptors (Lipinski definition) is 2. The molecule has 10 heavy (non-hydrogen) atoms. The monoisotopic (exact) mass is 146 g/mol. The molecule has 3 nitrogen and oxygen atoms in total. The Kier molecular flexibility index (Phi) is 4.94. The Morgan fingerprint density at radius 1 is 1.50 bits per heavy atom. The Balaban J connectivity index is 3.21. The van der Waals surface area contributed by atoms with E-state index in [1.54, 1.807) is 0 Å². The second-order valence-electron chi connectivity index (χ2n) is 2.37. The summed E-state index contributed by atoms with van der Waals surface area (Å²) >= 11 is 0. The highest BCUT2D eigenvalue weighted by atomic mass is 16.4. The van der Waals surface area contributed by atoms with Crippen LogP contribution in [0, 0.1) is 0 Å². The van der Waals surface area contributed by atoms with Crippen LogP contribution in [0.5, 0.6) is 0 Å². The number of rotatable bonds is 5. The molecule has 0 heterocycles. The Morgan fingerprint density at radius 3 is 2.50 bits per heavy atom. The highest BCUT2D eigenvalue weighted by Gasteiger charge is 2.04. The van der Waals surface area contributed by atoms with E-state index < -0.39 is 12.1 Å². The van der Waals surface area contributed by atoms with Gasteiger partial charge in [0.2, 0.25) is 0 Å². The molecule has 0 saturated carbocycles. The molecule has 0 spiro atoms. The molecule has 0 aromatic carbocycles. The minimum Gasteiger partial charge on any atom is -0.481 e. The summed E-state index contributed by atoms with van der Waals surface area (Å²) in [4.78, 5) is 10.00. The van der Waals surface area contributed by atoms with Gasteiger partial charge in [-0.05, 0) is 12.8 Å². The average Bonchev–Trinajstić information content (AvgIpc) is 1.85. The van der Waals surface area contributed by atoms with Crippen molar-refractivity contribution in [1.29, 1.82) is 0 Å². The summed E-state index contributed by atoms with van der Waals surface area (Å²) < 4.78 is 0. The lowest BCUT2D eigenvalue weighted by Gasteiger charge is -2.05. The fraction of sp³-hybridized carbons (Fsp3) is 0.857. The lowest BCUT2D eigenvalue weighted by atomic mass is 10.1. The lowest BCUT2D eigenvalue weighted by molar-refractivity contribution is -0.137. The molecule has 60 valence electrons. The van der Waals surface area contributed by atoms with Crippen LogP contribution in [0.1, 0.15) is 32.6 Å². The fourth-order valence-corrected chi connectivity index (χ4v) is 0.768. The van der Waals surface area contributed by atoms with E-state index in [-0.39, 0.29) is 6.42 Å². The number of aliphatic hydroxyl groups is 1. The molecule has 0 bridgehead atoms. The van der Waals surface area contributed by atoms with E-state index in [1.807, 2.05) is 6.92 Å². The normalized spacial score (nSPS) is 13.0. The number of hydrogen-bond donors (Lipinski definition) is 2. The van der Waals surface area contributed by atoms with Crippen LogP contribution in [-0.4, -0.2) is 22.3 Å². The van der Waals surface area contributed by atoms with Crippen LogP contribution in [0.15, 0.2) is 0 Å². The van der Waals surface area contributed by atoms with E-state index in [2.05, 4.69) is 0 Å². The van der Waals surface area contributed by atoms with Crippen molar-refractivity contribution in [1.82, 2.24) is 0 Å². The van der Waals surface area contributed by atoms with Gasteiger partial charge in [0.1, 0.15) is 0 Å². The first-order valence-electron chi connectivity index (χ1n) is 3.56. The molecule has 0 aromatic heterocycles. The van der Waals surface area contributed by atoms with Crippen LogP contribution < -0.4 is 0 Å². The highest BCUT2D eigenvalue weighted by molar-refractivity contribution is 5.66. The summed E-state index contributed by atoms with van der Waals surface area (Å²) in [5, 5.41) is 17.3. The van der Waals surface area contributed by atoms with Gasteiger partial charge in [0.05, 0.1) is 6.10 Å². The Bertz CT molecular complexity index is 101. The second kappa shape index (κ2) is 5.23. The summed E-state index contributed by atoms with van der Waals surface area (Å²) in [6.07, 6.45) is 1.62. The first-order valence-corrected chi connectivity index (χ1v) is 3.56. The van der Waals surface area contributed by atoms with E-state index >= 15 is 0 Å². The zero-order valence-electron chi connectivity index (χ0n) is 6.21. The highest BCUT2D eigenvalue weighted by Crippen LogP contribution is 2.03. The maximum absolute atomic E-state index is 10.00. The van der Waals surface area contributed by atoms with Gasteiger partial charge in [-0.15, -0.1) is 0 Å². The van der Waals surface area contributed by atoms with Crippen molar-refractivity contribution in [3.8, 4) is 0 Å². The predicted octanol–water partition coefficient (Wildman–Crippen LogP) is 1.01. The van der Waals surface area contributed by atoms with Crippen molar-refractivity contribution in [3.05, 3.63) is 0 Å². The predicted molar refractivity (Wildman–Crippen MR) is 37.8 cm³/mol. The Morgan fingerprint density at radius 2 is 2.10 bits per heavy atom. The molecule has 0 rings (SSSR count). The number of carbonyl (C=O) groups is 1. The molecule has 0 fully saturated rings. The van der Waals surface area contributed by atoms with Gasteiger partial charge in [-0.3, -0.25) is 4.79 Å².